The number of thiazole rings is 1. The minimum absolute atomic E-state index is 0.377. The molecule has 0 fully saturated rings. The number of hydrogen-bond acceptors (Lipinski definition) is 4. The fourth-order valence-electron chi connectivity index (χ4n) is 0.490. The first-order chi connectivity index (χ1) is 4.33. The summed E-state index contributed by atoms with van der Waals surface area (Å²) in [6, 6.07) is 0. The van der Waals surface area contributed by atoms with Crippen LogP contribution in [0.25, 0.3) is 0 Å². The summed E-state index contributed by atoms with van der Waals surface area (Å²) in [5, 5.41) is 2.50. The molecule has 1 aromatic rings. The number of carbonyl (C=O) groups excluding carboxylic acids is 1. The van der Waals surface area contributed by atoms with E-state index in [2.05, 4.69) is 4.98 Å². The van der Waals surface area contributed by atoms with E-state index in [1.165, 1.54) is 11.3 Å². The van der Waals surface area contributed by atoms with E-state index >= 15 is 0 Å². The lowest BCUT2D eigenvalue weighted by molar-refractivity contribution is -0.107. The molecule has 48 valence electrons. The van der Waals surface area contributed by atoms with Crippen LogP contribution in [0.3, 0.4) is 0 Å². The van der Waals surface area contributed by atoms with E-state index in [0.29, 0.717) is 12.2 Å². The molecule has 0 bridgehead atoms. The normalized spacial score (nSPS) is 9.33. The van der Waals surface area contributed by atoms with Gasteiger partial charge in [0, 0.05) is 5.38 Å². The van der Waals surface area contributed by atoms with Gasteiger partial charge in [-0.05, 0) is 0 Å². The van der Waals surface area contributed by atoms with Crippen molar-refractivity contribution in [2.75, 3.05) is 5.73 Å². The molecule has 0 aliphatic carbocycles. The predicted octanol–water partition coefficient (Wildman–Crippen LogP) is 0.467. The number of aldehydes is 1. The van der Waals surface area contributed by atoms with Crippen molar-refractivity contribution in [3.8, 4) is 0 Å². The van der Waals surface area contributed by atoms with Gasteiger partial charge in [0.15, 0.2) is 0 Å². The summed E-state index contributed by atoms with van der Waals surface area (Å²) < 4.78 is 0. The smallest absolute Gasteiger partial charge is 0.134 e. The highest BCUT2D eigenvalue weighted by Crippen LogP contribution is 2.09. The molecule has 0 unspecified atom stereocenters. The zero-order valence-corrected chi connectivity index (χ0v) is 5.52. The first kappa shape index (κ1) is 6.22. The van der Waals surface area contributed by atoms with E-state index in [9.17, 15) is 4.79 Å². The number of carbonyl (C=O) groups is 1. The van der Waals surface area contributed by atoms with Crippen LogP contribution in [0, 0.1) is 0 Å². The van der Waals surface area contributed by atoms with Gasteiger partial charge in [-0.2, -0.15) is 0 Å². The molecule has 1 heterocycles. The maximum absolute atomic E-state index is 9.91. The van der Waals surface area contributed by atoms with Crippen molar-refractivity contribution in [1.82, 2.24) is 4.98 Å². The highest BCUT2D eigenvalue weighted by atomic mass is 32.1. The Bertz CT molecular complexity index is 208. The number of nitrogen functional groups attached to an aromatic ring is 1. The van der Waals surface area contributed by atoms with Gasteiger partial charge in [0.05, 0.1) is 6.42 Å². The van der Waals surface area contributed by atoms with Crippen molar-refractivity contribution in [2.45, 2.75) is 6.42 Å². The van der Waals surface area contributed by atoms with Crippen LogP contribution < -0.4 is 5.73 Å². The topological polar surface area (TPSA) is 56.0 Å². The lowest BCUT2D eigenvalue weighted by Gasteiger charge is -1.79. The minimum Gasteiger partial charge on any atom is -0.383 e. The summed E-state index contributed by atoms with van der Waals surface area (Å²) in [6.07, 6.45) is 1.19. The van der Waals surface area contributed by atoms with E-state index in [1.807, 2.05) is 0 Å². The maximum atomic E-state index is 9.91. The highest BCUT2D eigenvalue weighted by Gasteiger charge is 1.95. The van der Waals surface area contributed by atoms with Crippen molar-refractivity contribution in [2.24, 2.45) is 0 Å². The summed E-state index contributed by atoms with van der Waals surface area (Å²) in [5.41, 5.74) is 5.29. The summed E-state index contributed by atoms with van der Waals surface area (Å²) in [5.74, 6) is 0.497. The molecule has 0 aliphatic rings. The lowest BCUT2D eigenvalue weighted by atomic mass is 10.5. The van der Waals surface area contributed by atoms with Crippen LogP contribution in [0.2, 0.25) is 0 Å². The van der Waals surface area contributed by atoms with Gasteiger partial charge in [0.1, 0.15) is 17.1 Å². The summed E-state index contributed by atoms with van der Waals surface area (Å²) in [6.45, 7) is 0. The molecule has 3 nitrogen and oxygen atoms in total. The molecule has 0 aliphatic heterocycles. The number of aromatic nitrogens is 1. The van der Waals surface area contributed by atoms with Gasteiger partial charge >= 0.3 is 0 Å². The van der Waals surface area contributed by atoms with Crippen LogP contribution in [-0.2, 0) is 11.2 Å². The molecule has 4 heteroatoms. The van der Waals surface area contributed by atoms with Crippen LogP contribution in [0.15, 0.2) is 5.38 Å². The zero-order valence-electron chi connectivity index (χ0n) is 4.70. The third kappa shape index (κ3) is 1.50. The average molecular weight is 142 g/mol. The van der Waals surface area contributed by atoms with Crippen molar-refractivity contribution in [3.05, 3.63) is 10.4 Å². The second-order valence-electron chi connectivity index (χ2n) is 1.54. The number of nitrogens with two attached hydrogens (primary N) is 1. The Hall–Kier alpha value is -0.900. The lowest BCUT2D eigenvalue weighted by Crippen LogP contribution is -1.86. The maximum Gasteiger partial charge on any atom is 0.134 e. The first-order valence-electron chi connectivity index (χ1n) is 2.46. The van der Waals surface area contributed by atoms with Crippen LogP contribution in [0.1, 0.15) is 5.01 Å². The SMILES string of the molecule is Nc1csc(CC=O)n1. The molecule has 0 saturated carbocycles. The highest BCUT2D eigenvalue weighted by molar-refractivity contribution is 7.10. The molecule has 0 spiro atoms. The third-order valence-corrected chi connectivity index (χ3v) is 1.72. The van der Waals surface area contributed by atoms with E-state index < -0.39 is 0 Å². The van der Waals surface area contributed by atoms with Crippen LogP contribution in [0.5, 0.6) is 0 Å². The van der Waals surface area contributed by atoms with Gasteiger partial charge in [-0.15, -0.1) is 11.3 Å². The van der Waals surface area contributed by atoms with E-state index in [4.69, 9.17) is 5.73 Å². The first-order valence-corrected chi connectivity index (χ1v) is 3.34. The number of hydrogen-bond donors (Lipinski definition) is 1. The Kier molecular flexibility index (Phi) is 1.79. The van der Waals surface area contributed by atoms with Crippen molar-refractivity contribution < 1.29 is 4.79 Å². The van der Waals surface area contributed by atoms with Gasteiger partial charge in [0.2, 0.25) is 0 Å². The summed E-state index contributed by atoms with van der Waals surface area (Å²) in [4.78, 5) is 13.8. The number of nitrogens with zero attached hydrogens (tertiary/aromatic N) is 1. The van der Waals surface area contributed by atoms with E-state index in [1.54, 1.807) is 5.38 Å². The monoisotopic (exact) mass is 142 g/mol. The molecule has 0 saturated heterocycles. The Morgan fingerprint density at radius 1 is 1.89 bits per heavy atom. The largest absolute Gasteiger partial charge is 0.383 e. The predicted molar refractivity (Wildman–Crippen MR) is 36.3 cm³/mol. The molecule has 0 amide bonds. The molecule has 0 radical (unpaired) electrons. The molecule has 9 heavy (non-hydrogen) atoms. The number of anilines is 1. The Balaban J connectivity index is 2.72. The molecular weight excluding hydrogens is 136 g/mol. The molecule has 2 N–H and O–H groups in total. The summed E-state index contributed by atoms with van der Waals surface area (Å²) in [7, 11) is 0. The van der Waals surface area contributed by atoms with Crippen molar-refractivity contribution in [3.63, 3.8) is 0 Å². The molecule has 1 rings (SSSR count). The van der Waals surface area contributed by atoms with Gasteiger partial charge < -0.3 is 10.5 Å². The Morgan fingerprint density at radius 2 is 2.67 bits per heavy atom. The molecular formula is C5H6N2OS. The second kappa shape index (κ2) is 2.59. The van der Waals surface area contributed by atoms with Gasteiger partial charge in [-0.1, -0.05) is 0 Å². The van der Waals surface area contributed by atoms with Crippen molar-refractivity contribution in [1.29, 1.82) is 0 Å². The van der Waals surface area contributed by atoms with Crippen LogP contribution in [-0.4, -0.2) is 11.3 Å². The third-order valence-electron chi connectivity index (χ3n) is 0.827. The van der Waals surface area contributed by atoms with E-state index in [0.717, 1.165) is 11.3 Å². The second-order valence-corrected chi connectivity index (χ2v) is 2.48. The van der Waals surface area contributed by atoms with Crippen molar-refractivity contribution >= 4 is 23.4 Å². The average Bonchev–Trinajstić information content (AvgIpc) is 2.17. The van der Waals surface area contributed by atoms with Gasteiger partial charge in [-0.3, -0.25) is 0 Å². The Morgan fingerprint density at radius 3 is 3.11 bits per heavy atom. The minimum atomic E-state index is 0.377. The van der Waals surface area contributed by atoms with Crippen LogP contribution in [0.4, 0.5) is 5.82 Å². The number of rotatable bonds is 2. The van der Waals surface area contributed by atoms with E-state index in [-0.39, 0.29) is 0 Å². The quantitative estimate of drug-likeness (QED) is 0.610. The summed E-state index contributed by atoms with van der Waals surface area (Å²) >= 11 is 1.41. The molecule has 1 aromatic heterocycles. The Labute approximate surface area is 56.5 Å². The fourth-order valence-corrected chi connectivity index (χ4v) is 1.12. The zero-order chi connectivity index (χ0) is 6.69. The van der Waals surface area contributed by atoms with Crippen LogP contribution >= 0.6 is 11.3 Å². The standard InChI is InChI=1S/C5H6N2OS/c6-4-3-9-5(7-4)1-2-8/h2-3H,1,6H2. The molecule has 0 atom stereocenters. The molecule has 0 aromatic carbocycles. The fraction of sp³-hybridized carbons (Fsp3) is 0.200. The van der Waals surface area contributed by atoms with Gasteiger partial charge in [0.25, 0.3) is 0 Å². The van der Waals surface area contributed by atoms with Gasteiger partial charge in [-0.25, -0.2) is 4.98 Å².